The standard InChI is InChI=1S/C9H5BrF4O2/c10-5-1-7(11)6(3-15)8(2-5)16-4-9(12,13)14/h1-3H,4H2. The summed E-state index contributed by atoms with van der Waals surface area (Å²) in [4.78, 5) is 10.5. The first-order valence-electron chi connectivity index (χ1n) is 3.97. The van der Waals surface area contributed by atoms with E-state index in [1.165, 1.54) is 0 Å². The van der Waals surface area contributed by atoms with Gasteiger partial charge in [0.15, 0.2) is 12.9 Å². The number of ether oxygens (including phenoxy) is 1. The van der Waals surface area contributed by atoms with Gasteiger partial charge < -0.3 is 4.74 Å². The van der Waals surface area contributed by atoms with Gasteiger partial charge in [-0.3, -0.25) is 4.79 Å². The highest BCUT2D eigenvalue weighted by atomic mass is 79.9. The van der Waals surface area contributed by atoms with Gasteiger partial charge in [-0.15, -0.1) is 0 Å². The summed E-state index contributed by atoms with van der Waals surface area (Å²) in [6.45, 7) is -1.58. The van der Waals surface area contributed by atoms with Gasteiger partial charge in [0, 0.05) is 4.47 Å². The summed E-state index contributed by atoms with van der Waals surface area (Å²) in [6, 6.07) is 2.06. The largest absolute Gasteiger partial charge is 0.483 e. The highest BCUT2D eigenvalue weighted by Gasteiger charge is 2.29. The van der Waals surface area contributed by atoms with E-state index in [0.717, 1.165) is 12.1 Å². The summed E-state index contributed by atoms with van der Waals surface area (Å²) in [5, 5.41) is 0. The fourth-order valence-electron chi connectivity index (χ4n) is 0.955. The quantitative estimate of drug-likeness (QED) is 0.632. The first-order chi connectivity index (χ1) is 7.33. The van der Waals surface area contributed by atoms with Gasteiger partial charge in [0.1, 0.15) is 11.6 Å². The second-order valence-corrected chi connectivity index (χ2v) is 3.74. The Kier molecular flexibility index (Phi) is 3.90. The van der Waals surface area contributed by atoms with Crippen LogP contribution in [0.15, 0.2) is 16.6 Å². The summed E-state index contributed by atoms with van der Waals surface area (Å²) < 4.78 is 53.2. The Hall–Kier alpha value is -1.11. The molecule has 16 heavy (non-hydrogen) atoms. The number of benzene rings is 1. The molecular formula is C9H5BrF4O2. The maximum atomic E-state index is 13.1. The zero-order valence-electron chi connectivity index (χ0n) is 7.65. The maximum Gasteiger partial charge on any atom is 0.422 e. The molecule has 0 aliphatic carbocycles. The first kappa shape index (κ1) is 13.0. The first-order valence-corrected chi connectivity index (χ1v) is 4.76. The van der Waals surface area contributed by atoms with Crippen LogP contribution < -0.4 is 4.74 Å². The van der Waals surface area contributed by atoms with Gasteiger partial charge in [-0.2, -0.15) is 13.2 Å². The Morgan fingerprint density at radius 1 is 1.38 bits per heavy atom. The minimum atomic E-state index is -4.54. The molecule has 0 spiro atoms. The zero-order chi connectivity index (χ0) is 12.3. The third-order valence-electron chi connectivity index (χ3n) is 1.57. The predicted molar refractivity (Wildman–Crippen MR) is 51.0 cm³/mol. The van der Waals surface area contributed by atoms with E-state index in [2.05, 4.69) is 20.7 Å². The number of carbonyl (C=O) groups excluding carboxylic acids is 1. The van der Waals surface area contributed by atoms with Crippen LogP contribution in [0.4, 0.5) is 17.6 Å². The maximum absolute atomic E-state index is 13.1. The Bertz CT molecular complexity index is 403. The SMILES string of the molecule is O=Cc1c(F)cc(Br)cc1OCC(F)(F)F. The van der Waals surface area contributed by atoms with Gasteiger partial charge in [0.05, 0.1) is 5.56 Å². The number of carbonyl (C=O) groups is 1. The molecule has 0 aliphatic rings. The smallest absolute Gasteiger partial charge is 0.422 e. The van der Waals surface area contributed by atoms with Crippen molar-refractivity contribution in [3.05, 3.63) is 28.0 Å². The second-order valence-electron chi connectivity index (χ2n) is 2.82. The zero-order valence-corrected chi connectivity index (χ0v) is 9.23. The molecule has 1 aromatic carbocycles. The van der Waals surface area contributed by atoms with Crippen LogP contribution in [0.2, 0.25) is 0 Å². The number of aldehydes is 1. The molecule has 0 atom stereocenters. The molecule has 88 valence electrons. The molecule has 0 saturated heterocycles. The summed E-state index contributed by atoms with van der Waals surface area (Å²) in [7, 11) is 0. The van der Waals surface area contributed by atoms with E-state index in [0.29, 0.717) is 0 Å². The van der Waals surface area contributed by atoms with E-state index in [9.17, 15) is 22.4 Å². The minimum Gasteiger partial charge on any atom is -0.483 e. The van der Waals surface area contributed by atoms with Gasteiger partial charge in [0.2, 0.25) is 0 Å². The van der Waals surface area contributed by atoms with Crippen molar-refractivity contribution >= 4 is 22.2 Å². The highest BCUT2D eigenvalue weighted by molar-refractivity contribution is 9.10. The Balaban J connectivity index is 2.98. The van der Waals surface area contributed by atoms with Gasteiger partial charge in [0.25, 0.3) is 0 Å². The van der Waals surface area contributed by atoms with Crippen molar-refractivity contribution in [1.29, 1.82) is 0 Å². The van der Waals surface area contributed by atoms with Crippen molar-refractivity contribution in [2.24, 2.45) is 0 Å². The van der Waals surface area contributed by atoms with E-state index in [1.807, 2.05) is 0 Å². The van der Waals surface area contributed by atoms with Crippen LogP contribution in [0, 0.1) is 5.82 Å². The lowest BCUT2D eigenvalue weighted by Crippen LogP contribution is -2.20. The predicted octanol–water partition coefficient (Wildman–Crippen LogP) is 3.34. The lowest BCUT2D eigenvalue weighted by atomic mass is 10.2. The van der Waals surface area contributed by atoms with Crippen molar-refractivity contribution in [3.63, 3.8) is 0 Å². The topological polar surface area (TPSA) is 26.3 Å². The Labute approximate surface area is 96.3 Å². The van der Waals surface area contributed by atoms with Crippen molar-refractivity contribution in [3.8, 4) is 5.75 Å². The summed E-state index contributed by atoms with van der Waals surface area (Å²) in [5.74, 6) is -1.39. The van der Waals surface area contributed by atoms with Crippen molar-refractivity contribution in [2.75, 3.05) is 6.61 Å². The molecular weight excluding hydrogens is 296 g/mol. The van der Waals surface area contributed by atoms with Gasteiger partial charge in [-0.1, -0.05) is 15.9 Å². The van der Waals surface area contributed by atoms with E-state index >= 15 is 0 Å². The van der Waals surface area contributed by atoms with Crippen LogP contribution in [0.5, 0.6) is 5.75 Å². The average molecular weight is 301 g/mol. The van der Waals surface area contributed by atoms with Crippen LogP contribution in [0.3, 0.4) is 0 Å². The number of hydrogen-bond donors (Lipinski definition) is 0. The fourth-order valence-corrected chi connectivity index (χ4v) is 1.36. The molecule has 0 bridgehead atoms. The van der Waals surface area contributed by atoms with Crippen molar-refractivity contribution < 1.29 is 27.1 Å². The molecule has 2 nitrogen and oxygen atoms in total. The monoisotopic (exact) mass is 300 g/mol. The van der Waals surface area contributed by atoms with E-state index in [1.54, 1.807) is 0 Å². The average Bonchev–Trinajstić information content (AvgIpc) is 2.12. The lowest BCUT2D eigenvalue weighted by Gasteiger charge is -2.11. The normalized spacial score (nSPS) is 11.3. The molecule has 0 aliphatic heterocycles. The van der Waals surface area contributed by atoms with Crippen LogP contribution in [-0.2, 0) is 0 Å². The Morgan fingerprint density at radius 2 is 2.00 bits per heavy atom. The molecule has 7 heteroatoms. The van der Waals surface area contributed by atoms with E-state index in [-0.39, 0.29) is 10.8 Å². The van der Waals surface area contributed by atoms with E-state index in [4.69, 9.17) is 0 Å². The number of halogens is 5. The minimum absolute atomic E-state index is 0.105. The molecule has 0 aromatic heterocycles. The summed E-state index contributed by atoms with van der Waals surface area (Å²) >= 11 is 2.88. The lowest BCUT2D eigenvalue weighted by molar-refractivity contribution is -0.153. The molecule has 0 fully saturated rings. The molecule has 0 heterocycles. The van der Waals surface area contributed by atoms with Gasteiger partial charge >= 0.3 is 6.18 Å². The molecule has 0 N–H and O–H groups in total. The van der Waals surface area contributed by atoms with Crippen molar-refractivity contribution in [2.45, 2.75) is 6.18 Å². The summed E-state index contributed by atoms with van der Waals surface area (Å²) in [6.07, 6.45) is -4.44. The van der Waals surface area contributed by atoms with Crippen LogP contribution in [0.1, 0.15) is 10.4 Å². The third kappa shape index (κ3) is 3.48. The second kappa shape index (κ2) is 4.82. The third-order valence-corrected chi connectivity index (χ3v) is 2.02. The number of rotatable bonds is 3. The molecule has 1 aromatic rings. The van der Waals surface area contributed by atoms with Crippen LogP contribution in [0.25, 0.3) is 0 Å². The molecule has 0 saturated carbocycles. The Morgan fingerprint density at radius 3 is 2.50 bits per heavy atom. The molecule has 0 unspecified atom stereocenters. The fraction of sp³-hybridized carbons (Fsp3) is 0.222. The van der Waals surface area contributed by atoms with Gasteiger partial charge in [-0.05, 0) is 12.1 Å². The molecule has 0 amide bonds. The number of alkyl halides is 3. The highest BCUT2D eigenvalue weighted by Crippen LogP contribution is 2.27. The van der Waals surface area contributed by atoms with Crippen LogP contribution >= 0.6 is 15.9 Å². The number of hydrogen-bond acceptors (Lipinski definition) is 2. The molecule has 0 radical (unpaired) electrons. The summed E-state index contributed by atoms with van der Waals surface area (Å²) in [5.41, 5.74) is -0.535. The van der Waals surface area contributed by atoms with Crippen LogP contribution in [-0.4, -0.2) is 19.1 Å². The van der Waals surface area contributed by atoms with Crippen molar-refractivity contribution in [1.82, 2.24) is 0 Å². The molecule has 1 rings (SSSR count). The van der Waals surface area contributed by atoms with E-state index < -0.39 is 29.9 Å². The van der Waals surface area contributed by atoms with Gasteiger partial charge in [-0.25, -0.2) is 4.39 Å².